The number of nitrogens with one attached hydrogen (secondary N) is 2. The number of piperidine rings is 1. The molecule has 1 aromatic rings. The van der Waals surface area contributed by atoms with E-state index in [1.807, 2.05) is 13.0 Å². The number of likely N-dealkylation sites (N-methyl/N-ethyl adjacent to an activating group) is 1. The second kappa shape index (κ2) is 10.1. The number of benzene rings is 1. The molecule has 2 aliphatic heterocycles. The van der Waals surface area contributed by atoms with Gasteiger partial charge in [-0.3, -0.25) is 14.4 Å². The highest BCUT2D eigenvalue weighted by Gasteiger charge is 2.62. The number of nitrogens with zero attached hydrogens (tertiary/aromatic N) is 2. The van der Waals surface area contributed by atoms with Crippen LogP contribution in [0.1, 0.15) is 37.0 Å². The lowest BCUT2D eigenvalue weighted by atomic mass is 9.75. The molecule has 0 radical (unpaired) electrons. The van der Waals surface area contributed by atoms with Crippen molar-refractivity contribution >= 4 is 23.8 Å². The maximum absolute atomic E-state index is 13.2. The molecule has 10 heteroatoms. The van der Waals surface area contributed by atoms with E-state index >= 15 is 0 Å². The molecule has 0 aromatic heterocycles. The molecule has 3 rings (SSSR count). The van der Waals surface area contributed by atoms with E-state index in [4.69, 9.17) is 9.47 Å². The fourth-order valence-electron chi connectivity index (χ4n) is 4.84. The molecule has 10 nitrogen and oxygen atoms in total. The van der Waals surface area contributed by atoms with Crippen molar-refractivity contribution in [3.8, 4) is 5.75 Å². The Hall–Kier alpha value is -3.30. The quantitative estimate of drug-likeness (QED) is 0.654. The van der Waals surface area contributed by atoms with Crippen molar-refractivity contribution in [2.45, 2.75) is 38.3 Å². The van der Waals surface area contributed by atoms with Gasteiger partial charge in [-0.1, -0.05) is 12.1 Å². The highest BCUT2D eigenvalue weighted by molar-refractivity contribution is 5.98. The minimum Gasteiger partial charge on any atom is -0.493 e. The fourth-order valence-corrected chi connectivity index (χ4v) is 4.84. The average Bonchev–Trinajstić information content (AvgIpc) is 3.01. The average molecular weight is 461 g/mol. The molecule has 2 aliphatic rings. The molecule has 2 heterocycles. The summed E-state index contributed by atoms with van der Waals surface area (Å²) < 4.78 is 11.0. The first kappa shape index (κ1) is 24.3. The Balaban J connectivity index is 1.83. The summed E-state index contributed by atoms with van der Waals surface area (Å²) in [4.78, 5) is 54.4. The molecule has 2 atom stereocenters. The SMILES string of the molecule is CCNC(=O)O[C@H]1C(=O)N(C)C2(CCN(C(=O)c3ccccc3OCC)CC2)[C@@H]1C(=O)NC. The number of para-hydroxylation sites is 1. The second-order valence-corrected chi connectivity index (χ2v) is 8.17. The maximum Gasteiger partial charge on any atom is 0.407 e. The van der Waals surface area contributed by atoms with Crippen LogP contribution in [0.25, 0.3) is 0 Å². The van der Waals surface area contributed by atoms with Gasteiger partial charge in [0.05, 0.1) is 17.7 Å². The zero-order chi connectivity index (χ0) is 24.2. The van der Waals surface area contributed by atoms with Gasteiger partial charge in [-0.25, -0.2) is 4.79 Å². The number of alkyl carbamates (subject to hydrolysis) is 1. The maximum atomic E-state index is 13.2. The number of hydrogen-bond acceptors (Lipinski definition) is 6. The molecule has 2 N–H and O–H groups in total. The highest BCUT2D eigenvalue weighted by atomic mass is 16.6. The smallest absolute Gasteiger partial charge is 0.407 e. The van der Waals surface area contributed by atoms with Gasteiger partial charge in [-0.2, -0.15) is 0 Å². The van der Waals surface area contributed by atoms with Gasteiger partial charge in [-0.05, 0) is 38.8 Å². The van der Waals surface area contributed by atoms with E-state index < -0.39 is 29.6 Å². The highest BCUT2D eigenvalue weighted by Crippen LogP contribution is 2.44. The molecule has 33 heavy (non-hydrogen) atoms. The molecule has 0 aliphatic carbocycles. The van der Waals surface area contributed by atoms with Crippen LogP contribution in [0.3, 0.4) is 0 Å². The van der Waals surface area contributed by atoms with E-state index in [2.05, 4.69) is 10.6 Å². The molecule has 0 bridgehead atoms. The van der Waals surface area contributed by atoms with Gasteiger partial charge in [0.15, 0.2) is 6.10 Å². The Kier molecular flexibility index (Phi) is 7.45. The fraction of sp³-hybridized carbons (Fsp3) is 0.565. The standard InChI is InChI=1S/C23H32N4O6/c1-5-25-22(31)33-18-17(19(28)24-3)23(26(4)21(18)30)11-13-27(14-12-23)20(29)15-9-7-8-10-16(15)32-6-2/h7-10,17-18H,5-6,11-14H2,1-4H3,(H,24,28)(H,25,31)/t17-,18+/m0/s1. The molecule has 1 aromatic carbocycles. The van der Waals surface area contributed by atoms with Crippen LogP contribution in [0.15, 0.2) is 24.3 Å². The number of hydrogen-bond donors (Lipinski definition) is 2. The Bertz CT molecular complexity index is 912. The van der Waals surface area contributed by atoms with E-state index in [9.17, 15) is 19.2 Å². The first-order valence-electron chi connectivity index (χ1n) is 11.3. The summed E-state index contributed by atoms with van der Waals surface area (Å²) in [5.41, 5.74) is -0.378. The lowest BCUT2D eigenvalue weighted by molar-refractivity contribution is -0.137. The number of likely N-dealkylation sites (tertiary alicyclic amines) is 2. The van der Waals surface area contributed by atoms with E-state index in [1.54, 1.807) is 37.1 Å². The molecular formula is C23H32N4O6. The molecule has 0 unspecified atom stereocenters. The molecule has 2 saturated heterocycles. The lowest BCUT2D eigenvalue weighted by Gasteiger charge is -2.45. The Labute approximate surface area is 193 Å². The summed E-state index contributed by atoms with van der Waals surface area (Å²) in [6.07, 6.45) is -1.20. The monoisotopic (exact) mass is 460 g/mol. The number of carbonyl (C=O) groups excluding carboxylic acids is 4. The van der Waals surface area contributed by atoms with E-state index in [-0.39, 0.29) is 11.8 Å². The molecule has 180 valence electrons. The van der Waals surface area contributed by atoms with Gasteiger partial charge < -0.3 is 29.9 Å². The summed E-state index contributed by atoms with van der Waals surface area (Å²) in [6.45, 7) is 5.07. The molecule has 0 saturated carbocycles. The minimum absolute atomic E-state index is 0.160. The summed E-state index contributed by atoms with van der Waals surface area (Å²) >= 11 is 0. The van der Waals surface area contributed by atoms with Crippen LogP contribution in [-0.2, 0) is 14.3 Å². The number of ether oxygens (including phenoxy) is 2. The van der Waals surface area contributed by atoms with E-state index in [1.165, 1.54) is 11.9 Å². The van der Waals surface area contributed by atoms with Crippen LogP contribution in [0, 0.1) is 5.92 Å². The van der Waals surface area contributed by atoms with E-state index in [0.29, 0.717) is 50.4 Å². The van der Waals surface area contributed by atoms with Gasteiger partial charge in [-0.15, -0.1) is 0 Å². The van der Waals surface area contributed by atoms with Crippen molar-refractivity contribution in [3.63, 3.8) is 0 Å². The molecular weight excluding hydrogens is 428 g/mol. The summed E-state index contributed by atoms with van der Waals surface area (Å²) in [7, 11) is 3.12. The topological polar surface area (TPSA) is 117 Å². The van der Waals surface area contributed by atoms with Crippen LogP contribution in [0.4, 0.5) is 4.79 Å². The van der Waals surface area contributed by atoms with Crippen molar-refractivity contribution in [1.29, 1.82) is 0 Å². The lowest BCUT2D eigenvalue weighted by Crippen LogP contribution is -2.58. The van der Waals surface area contributed by atoms with Crippen LogP contribution >= 0.6 is 0 Å². The Morgan fingerprint density at radius 2 is 1.82 bits per heavy atom. The van der Waals surface area contributed by atoms with Gasteiger partial charge >= 0.3 is 6.09 Å². The third-order valence-electron chi connectivity index (χ3n) is 6.54. The third kappa shape index (κ3) is 4.46. The van der Waals surface area contributed by atoms with Gasteiger partial charge in [0.25, 0.3) is 11.8 Å². The van der Waals surface area contributed by atoms with Crippen LogP contribution < -0.4 is 15.4 Å². The van der Waals surface area contributed by atoms with Crippen molar-refractivity contribution in [2.24, 2.45) is 5.92 Å². The summed E-state index contributed by atoms with van der Waals surface area (Å²) in [5, 5.41) is 5.11. The van der Waals surface area contributed by atoms with E-state index in [0.717, 1.165) is 0 Å². The Morgan fingerprint density at radius 1 is 1.15 bits per heavy atom. The van der Waals surface area contributed by atoms with Gasteiger partial charge in [0.2, 0.25) is 5.91 Å². The van der Waals surface area contributed by atoms with Crippen molar-refractivity contribution < 1.29 is 28.7 Å². The van der Waals surface area contributed by atoms with Crippen molar-refractivity contribution in [1.82, 2.24) is 20.4 Å². The predicted molar refractivity (Wildman–Crippen MR) is 120 cm³/mol. The first-order valence-corrected chi connectivity index (χ1v) is 11.3. The summed E-state index contributed by atoms with van der Waals surface area (Å²) in [5.74, 6) is -1.31. The molecule has 1 spiro atoms. The van der Waals surface area contributed by atoms with Crippen molar-refractivity contribution in [2.75, 3.05) is 40.3 Å². The predicted octanol–water partition coefficient (Wildman–Crippen LogP) is 1.01. The van der Waals surface area contributed by atoms with Gasteiger partial charge in [0.1, 0.15) is 11.7 Å². The van der Waals surface area contributed by atoms with Gasteiger partial charge in [0, 0.05) is 33.7 Å². The minimum atomic E-state index is -1.22. The zero-order valence-electron chi connectivity index (χ0n) is 19.6. The largest absolute Gasteiger partial charge is 0.493 e. The third-order valence-corrected chi connectivity index (χ3v) is 6.54. The number of carbonyl (C=O) groups is 4. The first-order chi connectivity index (χ1) is 15.8. The zero-order valence-corrected chi connectivity index (χ0v) is 19.6. The summed E-state index contributed by atoms with van der Waals surface area (Å²) in [6, 6.07) is 7.09. The number of amides is 4. The second-order valence-electron chi connectivity index (χ2n) is 8.17. The Morgan fingerprint density at radius 3 is 2.42 bits per heavy atom. The van der Waals surface area contributed by atoms with Crippen LogP contribution in [-0.4, -0.2) is 85.6 Å². The molecule has 2 fully saturated rings. The van der Waals surface area contributed by atoms with Crippen LogP contribution in [0.2, 0.25) is 0 Å². The number of rotatable bonds is 6. The van der Waals surface area contributed by atoms with Crippen molar-refractivity contribution in [3.05, 3.63) is 29.8 Å². The normalized spacial score (nSPS) is 21.6. The molecule has 4 amide bonds. The van der Waals surface area contributed by atoms with Crippen LogP contribution in [0.5, 0.6) is 5.75 Å².